The number of hydrogen-bond acceptors (Lipinski definition) is 7. The second-order valence-corrected chi connectivity index (χ2v) is 7.13. The zero-order chi connectivity index (χ0) is 23.9. The van der Waals surface area contributed by atoms with Crippen molar-refractivity contribution in [2.45, 2.75) is 0 Å². The number of benzene rings is 3. The molecule has 0 aliphatic carbocycles. The molecule has 1 amide bonds. The van der Waals surface area contributed by atoms with Crippen LogP contribution in [-0.2, 0) is 0 Å². The highest BCUT2D eigenvalue weighted by atomic mass is 16.5. The van der Waals surface area contributed by atoms with Crippen LogP contribution in [0.1, 0.15) is 10.4 Å². The predicted molar refractivity (Wildman–Crippen MR) is 128 cm³/mol. The number of amides is 1. The van der Waals surface area contributed by atoms with Crippen molar-refractivity contribution in [3.05, 3.63) is 84.7 Å². The van der Waals surface area contributed by atoms with Gasteiger partial charge < -0.3 is 24.3 Å². The fourth-order valence-electron chi connectivity index (χ4n) is 3.20. The molecule has 0 radical (unpaired) electrons. The number of carbonyl (C=O) groups is 1. The van der Waals surface area contributed by atoms with Crippen LogP contribution in [-0.4, -0.2) is 37.2 Å². The summed E-state index contributed by atoms with van der Waals surface area (Å²) < 4.78 is 21.3. The highest BCUT2D eigenvalue weighted by Gasteiger charge is 2.10. The van der Waals surface area contributed by atoms with Crippen molar-refractivity contribution in [3.8, 4) is 40.1 Å². The summed E-state index contributed by atoms with van der Waals surface area (Å²) in [6.07, 6.45) is 3.34. The highest BCUT2D eigenvalue weighted by molar-refractivity contribution is 6.04. The van der Waals surface area contributed by atoms with E-state index in [0.717, 1.165) is 16.9 Å². The molecule has 0 spiro atoms. The smallest absolute Gasteiger partial charge is 0.321 e. The quantitative estimate of drug-likeness (QED) is 0.388. The number of rotatable bonds is 8. The Labute approximate surface area is 197 Å². The molecule has 34 heavy (non-hydrogen) atoms. The number of carbonyl (C=O) groups excluding carboxylic acids is 1. The van der Waals surface area contributed by atoms with Crippen LogP contribution in [0.4, 0.5) is 5.69 Å². The van der Waals surface area contributed by atoms with Gasteiger partial charge in [0.1, 0.15) is 11.5 Å². The zero-order valence-electron chi connectivity index (χ0n) is 18.9. The minimum atomic E-state index is -0.238. The molecule has 0 fully saturated rings. The lowest BCUT2D eigenvalue weighted by Crippen LogP contribution is -2.11. The third kappa shape index (κ3) is 5.24. The molecule has 0 saturated heterocycles. The zero-order valence-corrected chi connectivity index (χ0v) is 18.9. The lowest BCUT2D eigenvalue weighted by atomic mass is 10.1. The molecule has 1 aromatic heterocycles. The summed E-state index contributed by atoms with van der Waals surface area (Å²) in [6, 6.07) is 19.7. The average molecular weight is 457 g/mol. The van der Waals surface area contributed by atoms with Crippen molar-refractivity contribution in [2.75, 3.05) is 26.6 Å². The summed E-state index contributed by atoms with van der Waals surface area (Å²) in [5.41, 5.74) is 2.79. The highest BCUT2D eigenvalue weighted by Crippen LogP contribution is 2.30. The van der Waals surface area contributed by atoms with E-state index in [9.17, 15) is 4.79 Å². The number of aromatic nitrogens is 2. The van der Waals surface area contributed by atoms with Gasteiger partial charge in [-0.3, -0.25) is 4.79 Å². The number of methoxy groups -OCH3 is 3. The van der Waals surface area contributed by atoms with Crippen molar-refractivity contribution in [2.24, 2.45) is 0 Å². The molecule has 3 aromatic carbocycles. The number of anilines is 1. The van der Waals surface area contributed by atoms with Crippen molar-refractivity contribution < 1.29 is 23.7 Å². The van der Waals surface area contributed by atoms with Crippen molar-refractivity contribution in [1.82, 2.24) is 9.97 Å². The van der Waals surface area contributed by atoms with E-state index in [1.54, 1.807) is 88.3 Å². The van der Waals surface area contributed by atoms with Crippen LogP contribution in [0.25, 0.3) is 11.1 Å². The molecule has 0 bridgehead atoms. The topological polar surface area (TPSA) is 91.8 Å². The van der Waals surface area contributed by atoms with Crippen LogP contribution in [0.15, 0.2) is 79.1 Å². The molecule has 0 unspecified atom stereocenters. The van der Waals surface area contributed by atoms with E-state index in [2.05, 4.69) is 15.3 Å². The molecular formula is C26H23N3O5. The standard InChI is InChI=1S/C26H23N3O5/c1-31-21-9-11-22(12-10-21)34-26-27-15-19(16-28-26)17-4-6-18(7-5-17)25(30)29-20-8-13-23(32-2)24(14-20)33-3/h4-16H,1-3H3,(H,29,30). The summed E-state index contributed by atoms with van der Waals surface area (Å²) in [4.78, 5) is 21.2. The van der Waals surface area contributed by atoms with E-state index in [4.69, 9.17) is 18.9 Å². The van der Waals surface area contributed by atoms with Crippen LogP contribution < -0.4 is 24.3 Å². The van der Waals surface area contributed by atoms with Gasteiger partial charge in [-0.05, 0) is 54.1 Å². The van der Waals surface area contributed by atoms with Crippen LogP contribution in [0.3, 0.4) is 0 Å². The van der Waals surface area contributed by atoms with Gasteiger partial charge in [0, 0.05) is 35.3 Å². The normalized spacial score (nSPS) is 10.3. The molecule has 0 atom stereocenters. The van der Waals surface area contributed by atoms with Gasteiger partial charge in [-0.25, -0.2) is 9.97 Å². The van der Waals surface area contributed by atoms with Gasteiger partial charge in [0.05, 0.1) is 21.3 Å². The van der Waals surface area contributed by atoms with E-state index >= 15 is 0 Å². The lowest BCUT2D eigenvalue weighted by Gasteiger charge is -2.11. The van der Waals surface area contributed by atoms with Crippen LogP contribution in [0, 0.1) is 0 Å². The van der Waals surface area contributed by atoms with E-state index < -0.39 is 0 Å². The van der Waals surface area contributed by atoms with Gasteiger partial charge in [-0.1, -0.05) is 12.1 Å². The molecule has 4 aromatic rings. The van der Waals surface area contributed by atoms with Crippen LogP contribution in [0.2, 0.25) is 0 Å². The summed E-state index contributed by atoms with van der Waals surface area (Å²) in [6.45, 7) is 0. The second-order valence-electron chi connectivity index (χ2n) is 7.13. The Morgan fingerprint density at radius 1 is 0.706 bits per heavy atom. The van der Waals surface area contributed by atoms with Gasteiger partial charge >= 0.3 is 6.01 Å². The van der Waals surface area contributed by atoms with E-state index in [0.29, 0.717) is 28.5 Å². The fraction of sp³-hybridized carbons (Fsp3) is 0.115. The van der Waals surface area contributed by atoms with Gasteiger partial charge in [-0.2, -0.15) is 0 Å². The van der Waals surface area contributed by atoms with Crippen LogP contribution >= 0.6 is 0 Å². The Bertz CT molecular complexity index is 1260. The van der Waals surface area contributed by atoms with E-state index in [1.165, 1.54) is 0 Å². The minimum Gasteiger partial charge on any atom is -0.497 e. The first-order valence-corrected chi connectivity index (χ1v) is 10.4. The Morgan fingerprint density at radius 3 is 1.97 bits per heavy atom. The molecule has 0 saturated carbocycles. The predicted octanol–water partition coefficient (Wildman–Crippen LogP) is 5.21. The van der Waals surface area contributed by atoms with Gasteiger partial charge in [0.25, 0.3) is 5.91 Å². The summed E-state index contributed by atoms with van der Waals surface area (Å²) >= 11 is 0. The lowest BCUT2D eigenvalue weighted by molar-refractivity contribution is 0.102. The maximum atomic E-state index is 12.6. The first-order chi connectivity index (χ1) is 16.6. The summed E-state index contributed by atoms with van der Waals surface area (Å²) in [5.74, 6) is 2.24. The Morgan fingerprint density at radius 2 is 1.35 bits per heavy atom. The third-order valence-electron chi connectivity index (χ3n) is 5.02. The average Bonchev–Trinajstić information content (AvgIpc) is 2.89. The third-order valence-corrected chi connectivity index (χ3v) is 5.02. The summed E-state index contributed by atoms with van der Waals surface area (Å²) in [5, 5.41) is 2.86. The number of nitrogens with zero attached hydrogens (tertiary/aromatic N) is 2. The first kappa shape index (κ1) is 22.6. The SMILES string of the molecule is COc1ccc(Oc2ncc(-c3ccc(C(=O)Nc4ccc(OC)c(OC)c4)cc3)cn2)cc1. The largest absolute Gasteiger partial charge is 0.497 e. The summed E-state index contributed by atoms with van der Waals surface area (Å²) in [7, 11) is 4.71. The Kier molecular flexibility index (Phi) is 6.88. The molecule has 8 nitrogen and oxygen atoms in total. The molecule has 1 N–H and O–H groups in total. The van der Waals surface area contributed by atoms with Crippen molar-refractivity contribution in [3.63, 3.8) is 0 Å². The fourth-order valence-corrected chi connectivity index (χ4v) is 3.20. The van der Waals surface area contributed by atoms with Crippen LogP contribution in [0.5, 0.6) is 29.0 Å². The molecule has 172 valence electrons. The molecule has 0 aliphatic heterocycles. The van der Waals surface area contributed by atoms with E-state index in [-0.39, 0.29) is 11.9 Å². The van der Waals surface area contributed by atoms with Crippen molar-refractivity contribution >= 4 is 11.6 Å². The van der Waals surface area contributed by atoms with Gasteiger partial charge in [-0.15, -0.1) is 0 Å². The minimum absolute atomic E-state index is 0.236. The molecule has 4 rings (SSSR count). The first-order valence-electron chi connectivity index (χ1n) is 10.4. The van der Waals surface area contributed by atoms with E-state index in [1.807, 2.05) is 12.1 Å². The Balaban J connectivity index is 1.41. The molecule has 1 heterocycles. The molecule has 0 aliphatic rings. The maximum Gasteiger partial charge on any atom is 0.321 e. The number of ether oxygens (including phenoxy) is 4. The van der Waals surface area contributed by atoms with Crippen molar-refractivity contribution in [1.29, 1.82) is 0 Å². The monoisotopic (exact) mass is 457 g/mol. The number of hydrogen-bond donors (Lipinski definition) is 1. The Hall–Kier alpha value is -4.59. The number of nitrogens with one attached hydrogen (secondary N) is 1. The van der Waals surface area contributed by atoms with Gasteiger partial charge in [0.15, 0.2) is 11.5 Å². The second kappa shape index (κ2) is 10.4. The maximum absolute atomic E-state index is 12.6. The van der Waals surface area contributed by atoms with Gasteiger partial charge in [0.2, 0.25) is 0 Å². The molecule has 8 heteroatoms. The molecular weight excluding hydrogens is 434 g/mol.